The first-order valence-corrected chi connectivity index (χ1v) is 11.2. The molecule has 0 unspecified atom stereocenters. The fourth-order valence-corrected chi connectivity index (χ4v) is 2.93. The van der Waals surface area contributed by atoms with E-state index >= 15 is 0 Å². The Morgan fingerprint density at radius 1 is 0.711 bits per heavy atom. The van der Waals surface area contributed by atoms with Crippen molar-refractivity contribution >= 4 is 41.3 Å². The number of carbonyl (C=O) groups excluding carboxylic acids is 4. The minimum Gasteiger partial charge on any atom is -0.497 e. The molecule has 0 atom stereocenters. The monoisotopic (exact) mass is 522 g/mol. The van der Waals surface area contributed by atoms with E-state index in [0.717, 1.165) is 0 Å². The third kappa shape index (κ3) is 7.71. The zero-order valence-electron chi connectivity index (χ0n) is 21.3. The number of rotatable bonds is 7. The fourth-order valence-electron chi connectivity index (χ4n) is 2.93. The number of carbonyl (C=O) groups is 4. The number of anilines is 3. The summed E-state index contributed by atoms with van der Waals surface area (Å²) in [7, 11) is 2.60. The maximum Gasteiger partial charge on any atom is 0.413 e. The first-order valence-electron chi connectivity index (χ1n) is 11.2. The van der Waals surface area contributed by atoms with Crippen molar-refractivity contribution in [1.29, 1.82) is 0 Å². The predicted octanol–water partition coefficient (Wildman–Crippen LogP) is 3.52. The highest BCUT2D eigenvalue weighted by Gasteiger charge is 2.18. The van der Waals surface area contributed by atoms with Crippen LogP contribution in [-0.2, 0) is 9.47 Å². The van der Waals surface area contributed by atoms with Crippen LogP contribution in [0.4, 0.5) is 22.2 Å². The number of nitrogens with zero attached hydrogens (tertiary/aromatic N) is 3. The van der Waals surface area contributed by atoms with Crippen LogP contribution in [0, 0.1) is 0 Å². The summed E-state index contributed by atoms with van der Waals surface area (Å²) in [4.78, 5) is 61.6. The maximum atomic E-state index is 12.8. The van der Waals surface area contributed by atoms with Gasteiger partial charge in [0.25, 0.3) is 11.8 Å². The molecule has 0 saturated heterocycles. The number of methoxy groups -OCH3 is 2. The second-order valence-electron chi connectivity index (χ2n) is 8.62. The molecule has 0 aliphatic rings. The molecular weight excluding hydrogens is 496 g/mol. The molecule has 0 aliphatic heterocycles. The molecule has 3 N–H and O–H groups in total. The zero-order chi connectivity index (χ0) is 27.9. The highest BCUT2D eigenvalue weighted by Crippen LogP contribution is 2.19. The standard InChI is InChI=1S/C25H26N6O7/c1-25(2,3)38-24(35)31-19-11-7-9-15(27-19)21(32)29-18-10-6-8-16(26-18)22(33)30-20-13-14(36-4)12-17(28-20)23(34)37-5/h6-13H,1-5H3,(H,26,29,32)(H,27,31,35)(H,28,30,33). The quantitative estimate of drug-likeness (QED) is 0.390. The van der Waals surface area contributed by atoms with E-state index in [-0.39, 0.29) is 40.3 Å². The van der Waals surface area contributed by atoms with E-state index in [1.165, 1.54) is 62.8 Å². The first-order chi connectivity index (χ1) is 18.0. The smallest absolute Gasteiger partial charge is 0.413 e. The SMILES string of the molecule is COC(=O)c1cc(OC)cc(NC(=O)c2cccc(NC(=O)c3cccc(NC(=O)OC(C)(C)C)n3)n2)n1. The number of pyridine rings is 3. The molecule has 3 heterocycles. The topological polar surface area (TPSA) is 171 Å². The highest BCUT2D eigenvalue weighted by molar-refractivity contribution is 6.05. The summed E-state index contributed by atoms with van der Waals surface area (Å²) in [5.74, 6) is -1.49. The molecule has 0 spiro atoms. The molecule has 13 heteroatoms. The molecule has 198 valence electrons. The summed E-state index contributed by atoms with van der Waals surface area (Å²) in [5, 5.41) is 7.54. The first kappa shape index (κ1) is 27.5. The van der Waals surface area contributed by atoms with Crippen LogP contribution in [-0.4, -0.2) is 58.6 Å². The molecule has 3 rings (SSSR count). The van der Waals surface area contributed by atoms with Gasteiger partial charge in [0.05, 0.1) is 14.2 Å². The summed E-state index contributed by atoms with van der Waals surface area (Å²) in [6.07, 6.45) is -0.716. The molecular formula is C25H26N6O7. The molecule has 3 amide bonds. The average molecular weight is 523 g/mol. The van der Waals surface area contributed by atoms with E-state index in [2.05, 4.69) is 35.6 Å². The lowest BCUT2D eigenvalue weighted by atomic mass is 10.2. The van der Waals surface area contributed by atoms with Gasteiger partial charge in [-0.25, -0.2) is 24.5 Å². The Morgan fingerprint density at radius 3 is 1.76 bits per heavy atom. The summed E-state index contributed by atoms with van der Waals surface area (Å²) in [6, 6.07) is 11.7. The Labute approximate surface area is 217 Å². The number of esters is 1. The number of amides is 3. The van der Waals surface area contributed by atoms with Crippen molar-refractivity contribution in [3.63, 3.8) is 0 Å². The van der Waals surface area contributed by atoms with Crippen LogP contribution in [0.1, 0.15) is 52.2 Å². The highest BCUT2D eigenvalue weighted by atomic mass is 16.6. The molecule has 3 aromatic rings. The Hall–Kier alpha value is -5.07. The molecule has 38 heavy (non-hydrogen) atoms. The average Bonchev–Trinajstić information content (AvgIpc) is 2.87. The minimum absolute atomic E-state index is 0.00821. The van der Waals surface area contributed by atoms with E-state index in [4.69, 9.17) is 9.47 Å². The van der Waals surface area contributed by atoms with Gasteiger partial charge >= 0.3 is 12.1 Å². The van der Waals surface area contributed by atoms with Crippen LogP contribution < -0.4 is 20.7 Å². The Bertz CT molecular complexity index is 1370. The van der Waals surface area contributed by atoms with Gasteiger partial charge in [0.1, 0.15) is 40.2 Å². The molecule has 0 radical (unpaired) electrons. The van der Waals surface area contributed by atoms with Gasteiger partial charge in [-0.05, 0) is 45.0 Å². The largest absolute Gasteiger partial charge is 0.497 e. The summed E-state index contributed by atoms with van der Waals surface area (Å²) < 4.78 is 15.0. The van der Waals surface area contributed by atoms with Gasteiger partial charge in [-0.1, -0.05) is 12.1 Å². The van der Waals surface area contributed by atoms with Crippen LogP contribution in [0.5, 0.6) is 5.75 Å². The van der Waals surface area contributed by atoms with E-state index in [0.29, 0.717) is 0 Å². The number of nitrogens with one attached hydrogen (secondary N) is 3. The van der Waals surface area contributed by atoms with E-state index in [9.17, 15) is 19.2 Å². The van der Waals surface area contributed by atoms with Crippen molar-refractivity contribution in [2.75, 3.05) is 30.2 Å². The molecule has 0 aromatic carbocycles. The molecule has 0 saturated carbocycles. The zero-order valence-corrected chi connectivity index (χ0v) is 21.3. The van der Waals surface area contributed by atoms with Crippen molar-refractivity contribution < 1.29 is 33.4 Å². The third-order valence-electron chi connectivity index (χ3n) is 4.50. The lowest BCUT2D eigenvalue weighted by Crippen LogP contribution is -2.27. The van der Waals surface area contributed by atoms with Crippen LogP contribution in [0.2, 0.25) is 0 Å². The van der Waals surface area contributed by atoms with Gasteiger partial charge in [-0.2, -0.15) is 0 Å². The predicted molar refractivity (Wildman–Crippen MR) is 136 cm³/mol. The van der Waals surface area contributed by atoms with Crippen LogP contribution >= 0.6 is 0 Å². The number of hydrogen-bond donors (Lipinski definition) is 3. The third-order valence-corrected chi connectivity index (χ3v) is 4.50. The van der Waals surface area contributed by atoms with Crippen molar-refractivity contribution in [3.8, 4) is 5.75 Å². The second-order valence-corrected chi connectivity index (χ2v) is 8.62. The van der Waals surface area contributed by atoms with Crippen molar-refractivity contribution in [2.45, 2.75) is 26.4 Å². The van der Waals surface area contributed by atoms with Crippen LogP contribution in [0.3, 0.4) is 0 Å². The Morgan fingerprint density at radius 2 is 1.24 bits per heavy atom. The molecule has 0 aliphatic carbocycles. The van der Waals surface area contributed by atoms with Crippen molar-refractivity contribution in [3.05, 3.63) is 65.6 Å². The van der Waals surface area contributed by atoms with Gasteiger partial charge in [-0.15, -0.1) is 0 Å². The minimum atomic E-state index is -0.716. The maximum absolute atomic E-state index is 12.8. The Balaban J connectivity index is 1.71. The molecule has 0 fully saturated rings. The fraction of sp³-hybridized carbons (Fsp3) is 0.240. The van der Waals surface area contributed by atoms with Gasteiger partial charge in [0, 0.05) is 12.1 Å². The van der Waals surface area contributed by atoms with E-state index in [1.807, 2.05) is 0 Å². The van der Waals surface area contributed by atoms with Gasteiger partial charge in [0.2, 0.25) is 0 Å². The lowest BCUT2D eigenvalue weighted by Gasteiger charge is -2.19. The molecule has 0 bridgehead atoms. The van der Waals surface area contributed by atoms with E-state index in [1.54, 1.807) is 20.8 Å². The van der Waals surface area contributed by atoms with Gasteiger partial charge in [0.15, 0.2) is 5.69 Å². The second kappa shape index (κ2) is 11.8. The summed E-state index contributed by atoms with van der Waals surface area (Å²) >= 11 is 0. The Kier molecular flexibility index (Phi) is 8.53. The normalized spacial score (nSPS) is 10.7. The number of hydrogen-bond acceptors (Lipinski definition) is 10. The summed E-state index contributed by atoms with van der Waals surface area (Å²) in [5.41, 5.74) is -0.813. The summed E-state index contributed by atoms with van der Waals surface area (Å²) in [6.45, 7) is 5.16. The molecule has 3 aromatic heterocycles. The lowest BCUT2D eigenvalue weighted by molar-refractivity contribution is 0.0591. The van der Waals surface area contributed by atoms with Crippen LogP contribution in [0.25, 0.3) is 0 Å². The van der Waals surface area contributed by atoms with Crippen molar-refractivity contribution in [2.24, 2.45) is 0 Å². The number of ether oxygens (including phenoxy) is 3. The number of aromatic nitrogens is 3. The van der Waals surface area contributed by atoms with Crippen molar-refractivity contribution in [1.82, 2.24) is 15.0 Å². The van der Waals surface area contributed by atoms with E-state index < -0.39 is 29.5 Å². The molecule has 13 nitrogen and oxygen atoms in total. The van der Waals surface area contributed by atoms with Gasteiger partial charge in [-0.3, -0.25) is 14.9 Å². The van der Waals surface area contributed by atoms with Crippen LogP contribution in [0.15, 0.2) is 48.5 Å². The van der Waals surface area contributed by atoms with Gasteiger partial charge < -0.3 is 24.8 Å².